The normalized spacial score (nSPS) is 21.1. The maximum atomic E-state index is 11.8. The Kier molecular flexibility index (Phi) is 2.87. The number of furan rings is 1. The Morgan fingerprint density at radius 1 is 1.32 bits per heavy atom. The molecule has 1 aliphatic carbocycles. The molecule has 98 valence electrons. The van der Waals surface area contributed by atoms with Crippen molar-refractivity contribution >= 4 is 5.91 Å². The van der Waals surface area contributed by atoms with E-state index in [1.165, 1.54) is 6.26 Å². The van der Waals surface area contributed by atoms with Crippen LogP contribution < -0.4 is 5.32 Å². The zero-order valence-corrected chi connectivity index (χ0v) is 10.4. The number of aryl methyl sites for hydroxylation is 1. The predicted molar refractivity (Wildman–Crippen MR) is 69.7 cm³/mol. The van der Waals surface area contributed by atoms with Crippen LogP contribution in [0, 0.1) is 0 Å². The molecule has 0 spiro atoms. The fraction of sp³-hybridized carbons (Fsp3) is 0.267. The van der Waals surface area contributed by atoms with Gasteiger partial charge in [0.2, 0.25) is 0 Å². The molecular formula is C15H15NO3. The number of hydrogen-bond donors (Lipinski definition) is 2. The molecule has 1 heterocycles. The highest BCUT2D eigenvalue weighted by atomic mass is 16.3. The van der Waals surface area contributed by atoms with Gasteiger partial charge in [-0.2, -0.15) is 0 Å². The third-order valence-corrected chi connectivity index (χ3v) is 3.61. The smallest absolute Gasteiger partial charge is 0.287 e. The third kappa shape index (κ3) is 2.15. The van der Waals surface area contributed by atoms with E-state index in [1.54, 1.807) is 12.1 Å². The first kappa shape index (κ1) is 12.0. The van der Waals surface area contributed by atoms with E-state index in [4.69, 9.17) is 4.42 Å². The second-order valence-electron chi connectivity index (χ2n) is 4.85. The SMILES string of the molecule is O=C(NC[C@]1(O)CCc2ccccc21)c1ccco1. The Labute approximate surface area is 111 Å². The number of nitrogens with one attached hydrogen (secondary N) is 1. The number of amides is 1. The lowest BCUT2D eigenvalue weighted by Gasteiger charge is -2.24. The molecule has 2 N–H and O–H groups in total. The van der Waals surface area contributed by atoms with Gasteiger partial charge in [-0.3, -0.25) is 4.79 Å². The summed E-state index contributed by atoms with van der Waals surface area (Å²) in [4.78, 5) is 11.8. The van der Waals surface area contributed by atoms with E-state index < -0.39 is 5.60 Å². The summed E-state index contributed by atoms with van der Waals surface area (Å²) in [7, 11) is 0. The Morgan fingerprint density at radius 2 is 2.16 bits per heavy atom. The van der Waals surface area contributed by atoms with Gasteiger partial charge in [0.15, 0.2) is 5.76 Å². The largest absolute Gasteiger partial charge is 0.459 e. The summed E-state index contributed by atoms with van der Waals surface area (Å²) in [5.41, 5.74) is 1.09. The maximum absolute atomic E-state index is 11.8. The lowest BCUT2D eigenvalue weighted by atomic mass is 9.96. The predicted octanol–water partition coefficient (Wildman–Crippen LogP) is 1.84. The molecule has 0 bridgehead atoms. The van der Waals surface area contributed by atoms with Gasteiger partial charge < -0.3 is 14.8 Å². The quantitative estimate of drug-likeness (QED) is 0.882. The second-order valence-corrected chi connectivity index (χ2v) is 4.85. The fourth-order valence-corrected chi connectivity index (χ4v) is 2.57. The van der Waals surface area contributed by atoms with Gasteiger partial charge in [-0.25, -0.2) is 0 Å². The van der Waals surface area contributed by atoms with E-state index in [1.807, 2.05) is 24.3 Å². The van der Waals surface area contributed by atoms with E-state index in [0.717, 1.165) is 17.5 Å². The molecule has 0 saturated heterocycles. The van der Waals surface area contributed by atoms with Crippen molar-refractivity contribution in [3.05, 3.63) is 59.5 Å². The number of carbonyl (C=O) groups excluding carboxylic acids is 1. The van der Waals surface area contributed by atoms with Crippen molar-refractivity contribution in [1.29, 1.82) is 0 Å². The molecule has 2 aromatic rings. The van der Waals surface area contributed by atoms with Gasteiger partial charge in [0.25, 0.3) is 5.91 Å². The first-order chi connectivity index (χ1) is 9.19. The summed E-state index contributed by atoms with van der Waals surface area (Å²) in [5, 5.41) is 13.4. The molecule has 4 heteroatoms. The molecule has 19 heavy (non-hydrogen) atoms. The molecule has 1 aliphatic rings. The lowest BCUT2D eigenvalue weighted by Crippen LogP contribution is -2.39. The standard InChI is InChI=1S/C15H15NO3/c17-14(13-6-3-9-19-13)16-10-15(18)8-7-11-4-1-2-5-12(11)15/h1-6,9,18H,7-8,10H2,(H,16,17)/t15-/m1/s1. The van der Waals surface area contributed by atoms with Gasteiger partial charge in [-0.15, -0.1) is 0 Å². The summed E-state index contributed by atoms with van der Waals surface area (Å²) in [6.07, 6.45) is 2.92. The van der Waals surface area contributed by atoms with Crippen molar-refractivity contribution in [2.45, 2.75) is 18.4 Å². The van der Waals surface area contributed by atoms with Gasteiger partial charge in [0.05, 0.1) is 12.8 Å². The van der Waals surface area contributed by atoms with Gasteiger partial charge >= 0.3 is 0 Å². The average Bonchev–Trinajstić information content (AvgIpc) is 3.06. The zero-order valence-electron chi connectivity index (χ0n) is 10.4. The average molecular weight is 257 g/mol. The molecule has 0 aliphatic heterocycles. The zero-order chi connectivity index (χ0) is 13.3. The van der Waals surface area contributed by atoms with Gasteiger partial charge in [-0.05, 0) is 36.1 Å². The minimum Gasteiger partial charge on any atom is -0.459 e. The van der Waals surface area contributed by atoms with Crippen LogP contribution >= 0.6 is 0 Å². The van der Waals surface area contributed by atoms with Crippen molar-refractivity contribution < 1.29 is 14.3 Å². The van der Waals surface area contributed by atoms with Crippen molar-refractivity contribution in [3.8, 4) is 0 Å². The van der Waals surface area contributed by atoms with Gasteiger partial charge in [0.1, 0.15) is 5.60 Å². The number of carbonyl (C=O) groups is 1. The molecule has 4 nitrogen and oxygen atoms in total. The molecule has 0 radical (unpaired) electrons. The van der Waals surface area contributed by atoms with Crippen molar-refractivity contribution in [2.24, 2.45) is 0 Å². The molecule has 1 aromatic carbocycles. The third-order valence-electron chi connectivity index (χ3n) is 3.61. The molecule has 3 rings (SSSR count). The van der Waals surface area contributed by atoms with Crippen molar-refractivity contribution in [1.82, 2.24) is 5.32 Å². The Morgan fingerprint density at radius 3 is 2.95 bits per heavy atom. The van der Waals surface area contributed by atoms with Gasteiger partial charge in [-0.1, -0.05) is 24.3 Å². The van der Waals surface area contributed by atoms with Crippen LogP contribution in [0.25, 0.3) is 0 Å². The van der Waals surface area contributed by atoms with Gasteiger partial charge in [0, 0.05) is 0 Å². The number of fused-ring (bicyclic) bond motifs is 1. The lowest BCUT2D eigenvalue weighted by molar-refractivity contribution is 0.0365. The van der Waals surface area contributed by atoms with E-state index in [0.29, 0.717) is 6.42 Å². The molecule has 0 unspecified atom stereocenters. The van der Waals surface area contributed by atoms with Crippen LogP contribution in [0.5, 0.6) is 0 Å². The number of aliphatic hydroxyl groups is 1. The van der Waals surface area contributed by atoms with E-state index >= 15 is 0 Å². The fourth-order valence-electron chi connectivity index (χ4n) is 2.57. The Balaban J connectivity index is 1.72. The van der Waals surface area contributed by atoms with E-state index in [9.17, 15) is 9.90 Å². The summed E-state index contributed by atoms with van der Waals surface area (Å²) in [5.74, 6) is -0.0438. The monoisotopic (exact) mass is 257 g/mol. The van der Waals surface area contributed by atoms with Crippen LogP contribution in [0.2, 0.25) is 0 Å². The van der Waals surface area contributed by atoms with E-state index in [2.05, 4.69) is 5.32 Å². The minimum atomic E-state index is -0.973. The van der Waals surface area contributed by atoms with Crippen molar-refractivity contribution in [2.75, 3.05) is 6.54 Å². The Bertz CT molecular complexity index is 591. The number of hydrogen-bond acceptors (Lipinski definition) is 3. The molecule has 1 atom stereocenters. The van der Waals surface area contributed by atoms with Crippen LogP contribution in [0.15, 0.2) is 47.1 Å². The molecule has 1 amide bonds. The number of rotatable bonds is 3. The van der Waals surface area contributed by atoms with Crippen LogP contribution in [0.3, 0.4) is 0 Å². The first-order valence-corrected chi connectivity index (χ1v) is 6.31. The van der Waals surface area contributed by atoms with Crippen molar-refractivity contribution in [3.63, 3.8) is 0 Å². The summed E-state index contributed by atoms with van der Waals surface area (Å²) >= 11 is 0. The van der Waals surface area contributed by atoms with Crippen LogP contribution in [0.1, 0.15) is 28.1 Å². The molecule has 0 saturated carbocycles. The number of benzene rings is 1. The Hall–Kier alpha value is -2.07. The van der Waals surface area contributed by atoms with E-state index in [-0.39, 0.29) is 18.2 Å². The van der Waals surface area contributed by atoms with Crippen LogP contribution in [-0.2, 0) is 12.0 Å². The summed E-state index contributed by atoms with van der Waals surface area (Å²) in [6, 6.07) is 11.1. The molecular weight excluding hydrogens is 242 g/mol. The summed E-state index contributed by atoms with van der Waals surface area (Å²) in [6.45, 7) is 0.198. The minimum absolute atomic E-state index is 0.198. The summed E-state index contributed by atoms with van der Waals surface area (Å²) < 4.78 is 5.02. The van der Waals surface area contributed by atoms with Crippen LogP contribution in [0.4, 0.5) is 0 Å². The first-order valence-electron chi connectivity index (χ1n) is 6.31. The topological polar surface area (TPSA) is 62.5 Å². The second kappa shape index (κ2) is 4.55. The maximum Gasteiger partial charge on any atom is 0.287 e. The molecule has 0 fully saturated rings. The molecule has 1 aromatic heterocycles. The highest BCUT2D eigenvalue weighted by Gasteiger charge is 2.36. The highest BCUT2D eigenvalue weighted by molar-refractivity contribution is 5.91. The highest BCUT2D eigenvalue weighted by Crippen LogP contribution is 2.36. The van der Waals surface area contributed by atoms with Crippen LogP contribution in [-0.4, -0.2) is 17.6 Å².